The van der Waals surface area contributed by atoms with Crippen LogP contribution in [0.4, 0.5) is 0 Å². The molecular formula is C15H20N2O3S. The quantitative estimate of drug-likeness (QED) is 0.842. The number of nitrogens with zero attached hydrogens (tertiary/aromatic N) is 2. The van der Waals surface area contributed by atoms with Crippen LogP contribution in [-0.4, -0.2) is 50.9 Å². The number of benzene rings is 1. The zero-order valence-corrected chi connectivity index (χ0v) is 13.1. The van der Waals surface area contributed by atoms with E-state index in [1.165, 1.54) is 24.3 Å². The first kappa shape index (κ1) is 16.0. The van der Waals surface area contributed by atoms with Crippen molar-refractivity contribution in [2.24, 2.45) is 0 Å². The van der Waals surface area contributed by atoms with Gasteiger partial charge in [0, 0.05) is 18.6 Å². The molecule has 1 fully saturated rings. The van der Waals surface area contributed by atoms with Gasteiger partial charge in [0.05, 0.1) is 35.5 Å². The largest absolute Gasteiger partial charge is 0.378 e. The van der Waals surface area contributed by atoms with Crippen molar-refractivity contribution in [1.29, 1.82) is 5.26 Å². The van der Waals surface area contributed by atoms with Crippen molar-refractivity contribution >= 4 is 9.84 Å². The van der Waals surface area contributed by atoms with Crippen LogP contribution in [0, 0.1) is 11.3 Å². The van der Waals surface area contributed by atoms with Crippen molar-refractivity contribution in [2.45, 2.75) is 30.8 Å². The van der Waals surface area contributed by atoms with Gasteiger partial charge in [-0.05, 0) is 38.1 Å². The van der Waals surface area contributed by atoms with Gasteiger partial charge in [0.15, 0.2) is 9.84 Å². The van der Waals surface area contributed by atoms with Crippen molar-refractivity contribution in [3.05, 3.63) is 29.8 Å². The first-order valence-corrected chi connectivity index (χ1v) is 8.65. The Kier molecular flexibility index (Phi) is 4.99. The van der Waals surface area contributed by atoms with Gasteiger partial charge in [-0.3, -0.25) is 4.90 Å². The molecule has 21 heavy (non-hydrogen) atoms. The highest BCUT2D eigenvalue weighted by molar-refractivity contribution is 7.91. The van der Waals surface area contributed by atoms with E-state index in [1.54, 1.807) is 0 Å². The maximum Gasteiger partial charge on any atom is 0.179 e. The average Bonchev–Trinajstić information content (AvgIpc) is 2.47. The standard InChI is InChI=1S/C15H20N2O3S/c1-12-10-20-11-13(2)17(12)7-8-21(18,19)15-5-3-14(9-16)4-6-15/h3-6,12-13H,7-8,10-11H2,1-2H3/t12-,13-/m0/s1. The molecule has 0 aliphatic carbocycles. The molecule has 0 aromatic heterocycles. The monoisotopic (exact) mass is 308 g/mol. The number of nitriles is 1. The molecule has 1 aromatic carbocycles. The second-order valence-electron chi connectivity index (χ2n) is 5.43. The number of rotatable bonds is 4. The van der Waals surface area contributed by atoms with E-state index in [-0.39, 0.29) is 22.7 Å². The predicted octanol–water partition coefficient (Wildman–Crippen LogP) is 1.44. The molecule has 1 aromatic rings. The summed E-state index contributed by atoms with van der Waals surface area (Å²) in [5.41, 5.74) is 0.462. The van der Waals surface area contributed by atoms with Crippen LogP contribution in [0.1, 0.15) is 19.4 Å². The molecule has 1 aliphatic heterocycles. The van der Waals surface area contributed by atoms with Crippen LogP contribution in [0.2, 0.25) is 0 Å². The van der Waals surface area contributed by atoms with Crippen molar-refractivity contribution in [3.63, 3.8) is 0 Å². The molecule has 0 unspecified atom stereocenters. The fourth-order valence-corrected chi connectivity index (χ4v) is 3.79. The lowest BCUT2D eigenvalue weighted by Gasteiger charge is -2.38. The zero-order valence-electron chi connectivity index (χ0n) is 12.3. The molecule has 0 amide bonds. The highest BCUT2D eigenvalue weighted by Gasteiger charge is 2.27. The first-order valence-electron chi connectivity index (χ1n) is 7.00. The van der Waals surface area contributed by atoms with Gasteiger partial charge in [-0.2, -0.15) is 5.26 Å². The molecule has 0 N–H and O–H groups in total. The summed E-state index contributed by atoms with van der Waals surface area (Å²) in [6, 6.07) is 8.51. The maximum absolute atomic E-state index is 12.3. The van der Waals surface area contributed by atoms with Gasteiger partial charge < -0.3 is 4.74 Å². The molecular weight excluding hydrogens is 288 g/mol. The van der Waals surface area contributed by atoms with E-state index in [2.05, 4.69) is 4.90 Å². The molecule has 1 heterocycles. The second kappa shape index (κ2) is 6.56. The first-order chi connectivity index (χ1) is 9.94. The summed E-state index contributed by atoms with van der Waals surface area (Å²) >= 11 is 0. The SMILES string of the molecule is C[C@H]1COC[C@H](C)N1CCS(=O)(=O)c1ccc(C#N)cc1. The Balaban J connectivity index is 2.05. The Bertz CT molecular complexity index is 609. The third-order valence-corrected chi connectivity index (χ3v) is 5.52. The van der Waals surface area contributed by atoms with E-state index in [4.69, 9.17) is 10.00 Å². The highest BCUT2D eigenvalue weighted by atomic mass is 32.2. The number of sulfone groups is 1. The van der Waals surface area contributed by atoms with Crippen LogP contribution in [0.25, 0.3) is 0 Å². The number of morpholine rings is 1. The van der Waals surface area contributed by atoms with Crippen LogP contribution < -0.4 is 0 Å². The Morgan fingerprint density at radius 2 is 1.81 bits per heavy atom. The smallest absolute Gasteiger partial charge is 0.179 e. The minimum atomic E-state index is -3.32. The van der Waals surface area contributed by atoms with Crippen LogP contribution in [-0.2, 0) is 14.6 Å². The maximum atomic E-state index is 12.3. The summed E-state index contributed by atoms with van der Waals surface area (Å²) in [7, 11) is -3.32. The molecule has 114 valence electrons. The van der Waals surface area contributed by atoms with E-state index in [0.717, 1.165) is 0 Å². The Morgan fingerprint density at radius 1 is 1.24 bits per heavy atom. The van der Waals surface area contributed by atoms with E-state index in [9.17, 15) is 8.42 Å². The number of hydrogen-bond donors (Lipinski definition) is 0. The van der Waals surface area contributed by atoms with Gasteiger partial charge in [-0.25, -0.2) is 8.42 Å². The summed E-state index contributed by atoms with van der Waals surface area (Å²) < 4.78 is 30.1. The predicted molar refractivity (Wildman–Crippen MR) is 79.7 cm³/mol. The number of ether oxygens (including phenoxy) is 1. The van der Waals surface area contributed by atoms with Gasteiger partial charge >= 0.3 is 0 Å². The van der Waals surface area contributed by atoms with Gasteiger partial charge in [0.1, 0.15) is 0 Å². The second-order valence-corrected chi connectivity index (χ2v) is 7.54. The minimum Gasteiger partial charge on any atom is -0.378 e. The summed E-state index contributed by atoms with van der Waals surface area (Å²) in [4.78, 5) is 2.44. The van der Waals surface area contributed by atoms with Crippen LogP contribution in [0.3, 0.4) is 0 Å². The Hall–Kier alpha value is -1.42. The molecule has 1 aliphatic rings. The molecule has 0 spiro atoms. The highest BCUT2D eigenvalue weighted by Crippen LogP contribution is 2.16. The lowest BCUT2D eigenvalue weighted by molar-refractivity contribution is -0.0334. The third kappa shape index (κ3) is 3.82. The van der Waals surface area contributed by atoms with Crippen molar-refractivity contribution < 1.29 is 13.2 Å². The Labute approximate surface area is 126 Å². The molecule has 6 heteroatoms. The summed E-state index contributed by atoms with van der Waals surface area (Å²) in [5, 5.41) is 8.75. The molecule has 0 saturated carbocycles. The molecule has 2 atom stereocenters. The molecule has 1 saturated heterocycles. The van der Waals surface area contributed by atoms with Crippen molar-refractivity contribution in [2.75, 3.05) is 25.5 Å². The topological polar surface area (TPSA) is 70.4 Å². The third-order valence-electron chi connectivity index (χ3n) is 3.81. The normalized spacial score (nSPS) is 23.7. The van der Waals surface area contributed by atoms with Crippen molar-refractivity contribution in [3.8, 4) is 6.07 Å². The fraction of sp³-hybridized carbons (Fsp3) is 0.533. The lowest BCUT2D eigenvalue weighted by Crippen LogP contribution is -2.51. The van der Waals surface area contributed by atoms with Crippen LogP contribution in [0.15, 0.2) is 29.2 Å². The fourth-order valence-electron chi connectivity index (χ4n) is 2.56. The minimum absolute atomic E-state index is 0.0770. The van der Waals surface area contributed by atoms with Gasteiger partial charge in [0.25, 0.3) is 0 Å². The van der Waals surface area contributed by atoms with Gasteiger partial charge in [-0.15, -0.1) is 0 Å². The van der Waals surface area contributed by atoms with E-state index >= 15 is 0 Å². The Morgan fingerprint density at radius 3 is 2.33 bits per heavy atom. The van der Waals surface area contributed by atoms with Gasteiger partial charge in [0.2, 0.25) is 0 Å². The zero-order chi connectivity index (χ0) is 15.5. The summed E-state index contributed by atoms with van der Waals surface area (Å²) in [5.74, 6) is 0.0770. The van der Waals surface area contributed by atoms with Crippen LogP contribution >= 0.6 is 0 Å². The molecule has 2 rings (SSSR count). The molecule has 5 nitrogen and oxygen atoms in total. The van der Waals surface area contributed by atoms with E-state index in [1.807, 2.05) is 19.9 Å². The average molecular weight is 308 g/mol. The lowest BCUT2D eigenvalue weighted by atomic mass is 10.2. The molecule has 0 radical (unpaired) electrons. The van der Waals surface area contributed by atoms with Crippen molar-refractivity contribution in [1.82, 2.24) is 4.90 Å². The van der Waals surface area contributed by atoms with E-state index < -0.39 is 9.84 Å². The van der Waals surface area contributed by atoms with E-state index in [0.29, 0.717) is 25.3 Å². The van der Waals surface area contributed by atoms with Crippen LogP contribution in [0.5, 0.6) is 0 Å². The molecule has 0 bridgehead atoms. The summed E-state index contributed by atoms with van der Waals surface area (Å²) in [6.45, 7) is 5.87. The summed E-state index contributed by atoms with van der Waals surface area (Å²) in [6.07, 6.45) is 0. The number of hydrogen-bond acceptors (Lipinski definition) is 5. The van der Waals surface area contributed by atoms with Gasteiger partial charge in [-0.1, -0.05) is 0 Å².